The highest BCUT2D eigenvalue weighted by molar-refractivity contribution is 8.00. The van der Waals surface area contributed by atoms with E-state index in [0.29, 0.717) is 23.3 Å². The summed E-state index contributed by atoms with van der Waals surface area (Å²) in [5.74, 6) is 1.35. The second-order valence-electron chi connectivity index (χ2n) is 7.96. The van der Waals surface area contributed by atoms with Crippen LogP contribution in [0.3, 0.4) is 0 Å². The number of para-hydroxylation sites is 1. The number of nitrogens with zero attached hydrogens (tertiary/aromatic N) is 3. The van der Waals surface area contributed by atoms with Gasteiger partial charge in [0.05, 0.1) is 17.9 Å². The third kappa shape index (κ3) is 5.48. The van der Waals surface area contributed by atoms with Gasteiger partial charge in [-0.2, -0.15) is 0 Å². The Balaban J connectivity index is 1.57. The number of thioether (sulfide) groups is 1. The van der Waals surface area contributed by atoms with Crippen LogP contribution in [-0.2, 0) is 11.2 Å². The van der Waals surface area contributed by atoms with Gasteiger partial charge in [0.2, 0.25) is 5.91 Å². The third-order valence-corrected chi connectivity index (χ3v) is 6.52. The highest BCUT2D eigenvalue weighted by Gasteiger charge is 2.23. The van der Waals surface area contributed by atoms with Crippen molar-refractivity contribution in [1.82, 2.24) is 20.1 Å². The summed E-state index contributed by atoms with van der Waals surface area (Å²) in [6, 6.07) is 26.0. The van der Waals surface area contributed by atoms with Crippen LogP contribution >= 0.6 is 11.8 Å². The maximum atomic E-state index is 12.8. The molecule has 0 aliphatic heterocycles. The van der Waals surface area contributed by atoms with Crippen LogP contribution in [0, 0.1) is 6.92 Å². The minimum atomic E-state index is -0.338. The lowest BCUT2D eigenvalue weighted by Crippen LogP contribution is -2.32. The van der Waals surface area contributed by atoms with E-state index in [1.54, 1.807) is 7.11 Å². The standard InChI is InChI=1S/C27H28N4O2S/c1-19-13-15-22(16-14-19)31-25(23-11-7-8-12-24(23)33-3)29-30-27(31)34-20(2)26(32)28-18-17-21-9-5-4-6-10-21/h4-16,20H,17-18H2,1-3H3,(H,28,32). The van der Waals surface area contributed by atoms with Crippen LogP contribution in [-0.4, -0.2) is 39.6 Å². The van der Waals surface area contributed by atoms with Gasteiger partial charge in [0.25, 0.3) is 0 Å². The van der Waals surface area contributed by atoms with Crippen molar-refractivity contribution in [1.29, 1.82) is 0 Å². The maximum Gasteiger partial charge on any atom is 0.233 e. The molecule has 1 atom stereocenters. The molecular formula is C27H28N4O2S. The molecule has 1 N–H and O–H groups in total. The molecule has 0 aliphatic rings. The zero-order chi connectivity index (χ0) is 23.9. The molecule has 0 saturated carbocycles. The Kier molecular flexibility index (Phi) is 7.65. The minimum Gasteiger partial charge on any atom is -0.496 e. The summed E-state index contributed by atoms with van der Waals surface area (Å²) in [5, 5.41) is 12.3. The van der Waals surface area contributed by atoms with Crippen LogP contribution in [0.15, 0.2) is 84.0 Å². The second-order valence-corrected chi connectivity index (χ2v) is 9.27. The molecule has 1 heterocycles. The number of hydrogen-bond acceptors (Lipinski definition) is 5. The number of rotatable bonds is 9. The number of amides is 1. The average Bonchev–Trinajstić information content (AvgIpc) is 3.28. The lowest BCUT2D eigenvalue weighted by molar-refractivity contribution is -0.120. The van der Waals surface area contributed by atoms with E-state index in [1.807, 2.05) is 66.1 Å². The largest absolute Gasteiger partial charge is 0.496 e. The predicted molar refractivity (Wildman–Crippen MR) is 137 cm³/mol. The quantitative estimate of drug-likeness (QED) is 0.344. The van der Waals surface area contributed by atoms with Crippen LogP contribution in [0.1, 0.15) is 18.1 Å². The number of aromatic nitrogens is 3. The Morgan fingerprint density at radius 1 is 1.00 bits per heavy atom. The first kappa shape index (κ1) is 23.6. The van der Waals surface area contributed by atoms with E-state index in [4.69, 9.17) is 4.74 Å². The average molecular weight is 473 g/mol. The van der Waals surface area contributed by atoms with Crippen LogP contribution in [0.25, 0.3) is 17.1 Å². The van der Waals surface area contributed by atoms with E-state index in [2.05, 4.69) is 46.7 Å². The highest BCUT2D eigenvalue weighted by Crippen LogP contribution is 2.34. The molecule has 0 fully saturated rings. The number of hydrogen-bond donors (Lipinski definition) is 1. The summed E-state index contributed by atoms with van der Waals surface area (Å²) >= 11 is 1.39. The molecule has 6 nitrogen and oxygen atoms in total. The van der Waals surface area contributed by atoms with Crippen molar-refractivity contribution in [2.45, 2.75) is 30.7 Å². The van der Waals surface area contributed by atoms with Gasteiger partial charge in [0.1, 0.15) is 5.75 Å². The van der Waals surface area contributed by atoms with E-state index in [-0.39, 0.29) is 11.2 Å². The molecule has 4 rings (SSSR count). The number of carbonyl (C=O) groups excluding carboxylic acids is 1. The number of carbonyl (C=O) groups is 1. The molecule has 0 saturated heterocycles. The zero-order valence-electron chi connectivity index (χ0n) is 19.6. The Morgan fingerprint density at radius 3 is 2.44 bits per heavy atom. The monoisotopic (exact) mass is 472 g/mol. The van der Waals surface area contributed by atoms with Crippen LogP contribution < -0.4 is 10.1 Å². The van der Waals surface area contributed by atoms with E-state index < -0.39 is 0 Å². The molecule has 1 amide bonds. The Morgan fingerprint density at radius 2 is 1.71 bits per heavy atom. The van der Waals surface area contributed by atoms with Gasteiger partial charge in [-0.25, -0.2) is 0 Å². The summed E-state index contributed by atoms with van der Waals surface area (Å²) in [6.07, 6.45) is 0.793. The Labute approximate surface area is 204 Å². The molecule has 1 unspecified atom stereocenters. The molecule has 0 aliphatic carbocycles. The lowest BCUT2D eigenvalue weighted by atomic mass is 10.1. The molecule has 3 aromatic carbocycles. The number of nitrogens with one attached hydrogen (secondary N) is 1. The second kappa shape index (κ2) is 11.0. The van der Waals surface area contributed by atoms with E-state index in [1.165, 1.54) is 17.3 Å². The molecule has 7 heteroatoms. The zero-order valence-corrected chi connectivity index (χ0v) is 20.4. The van der Waals surface area contributed by atoms with Crippen molar-refractivity contribution in [3.63, 3.8) is 0 Å². The topological polar surface area (TPSA) is 69.0 Å². The lowest BCUT2D eigenvalue weighted by Gasteiger charge is -2.15. The van der Waals surface area contributed by atoms with Crippen LogP contribution in [0.5, 0.6) is 5.75 Å². The van der Waals surface area contributed by atoms with Crippen molar-refractivity contribution >= 4 is 17.7 Å². The van der Waals surface area contributed by atoms with Crippen molar-refractivity contribution in [2.75, 3.05) is 13.7 Å². The van der Waals surface area contributed by atoms with Gasteiger partial charge in [-0.15, -0.1) is 10.2 Å². The highest BCUT2D eigenvalue weighted by atomic mass is 32.2. The van der Waals surface area contributed by atoms with Crippen LogP contribution in [0.4, 0.5) is 0 Å². The SMILES string of the molecule is COc1ccccc1-c1nnc(SC(C)C(=O)NCCc2ccccc2)n1-c1ccc(C)cc1. The van der Waals surface area contributed by atoms with E-state index in [0.717, 1.165) is 23.2 Å². The molecular weight excluding hydrogens is 444 g/mol. The molecule has 0 spiro atoms. The van der Waals surface area contributed by atoms with Crippen molar-refractivity contribution in [3.05, 3.63) is 90.0 Å². The minimum absolute atomic E-state index is 0.0294. The van der Waals surface area contributed by atoms with Gasteiger partial charge >= 0.3 is 0 Å². The summed E-state index contributed by atoms with van der Waals surface area (Å²) < 4.78 is 7.55. The van der Waals surface area contributed by atoms with Gasteiger partial charge < -0.3 is 10.1 Å². The number of aryl methyl sites for hydroxylation is 1. The Hall–Kier alpha value is -3.58. The van der Waals surface area contributed by atoms with Gasteiger partial charge in [-0.05, 0) is 50.1 Å². The first-order chi connectivity index (χ1) is 16.6. The van der Waals surface area contributed by atoms with Gasteiger partial charge in [-0.1, -0.05) is 71.9 Å². The van der Waals surface area contributed by atoms with Crippen molar-refractivity contribution < 1.29 is 9.53 Å². The fourth-order valence-corrected chi connectivity index (χ4v) is 4.50. The van der Waals surface area contributed by atoms with Crippen molar-refractivity contribution in [3.8, 4) is 22.8 Å². The number of methoxy groups -OCH3 is 1. The smallest absolute Gasteiger partial charge is 0.233 e. The molecule has 4 aromatic rings. The predicted octanol–water partition coefficient (Wildman–Crippen LogP) is 5.09. The van der Waals surface area contributed by atoms with E-state index in [9.17, 15) is 4.79 Å². The van der Waals surface area contributed by atoms with Gasteiger partial charge in [0.15, 0.2) is 11.0 Å². The fraction of sp³-hybridized carbons (Fsp3) is 0.222. The first-order valence-corrected chi connectivity index (χ1v) is 12.1. The van der Waals surface area contributed by atoms with Crippen LogP contribution in [0.2, 0.25) is 0 Å². The van der Waals surface area contributed by atoms with Gasteiger partial charge in [-0.3, -0.25) is 9.36 Å². The molecule has 0 bridgehead atoms. The van der Waals surface area contributed by atoms with Crippen molar-refractivity contribution in [2.24, 2.45) is 0 Å². The third-order valence-electron chi connectivity index (χ3n) is 5.48. The molecule has 174 valence electrons. The maximum absolute atomic E-state index is 12.8. The first-order valence-electron chi connectivity index (χ1n) is 11.2. The Bertz CT molecular complexity index is 1240. The van der Waals surface area contributed by atoms with E-state index >= 15 is 0 Å². The molecule has 1 aromatic heterocycles. The fourth-order valence-electron chi connectivity index (χ4n) is 3.61. The summed E-state index contributed by atoms with van der Waals surface area (Å²) in [6.45, 7) is 4.53. The molecule has 0 radical (unpaired) electrons. The van der Waals surface area contributed by atoms with Gasteiger partial charge in [0, 0.05) is 12.2 Å². The normalized spacial score (nSPS) is 11.7. The number of benzene rings is 3. The summed E-state index contributed by atoms with van der Waals surface area (Å²) in [5.41, 5.74) is 4.13. The molecule has 34 heavy (non-hydrogen) atoms. The summed E-state index contributed by atoms with van der Waals surface area (Å²) in [7, 11) is 1.64. The summed E-state index contributed by atoms with van der Waals surface area (Å²) in [4.78, 5) is 12.8. The number of ether oxygens (including phenoxy) is 1.